The van der Waals surface area contributed by atoms with Crippen molar-refractivity contribution in [1.82, 2.24) is 10.6 Å². The molecule has 0 aliphatic carbocycles. The van der Waals surface area contributed by atoms with E-state index in [1.54, 1.807) is 26.1 Å². The van der Waals surface area contributed by atoms with Crippen molar-refractivity contribution in [2.45, 2.75) is 24.8 Å². The number of amides is 1. The van der Waals surface area contributed by atoms with Gasteiger partial charge < -0.3 is 10.6 Å². The van der Waals surface area contributed by atoms with Gasteiger partial charge in [-0.25, -0.2) is 8.42 Å². The minimum Gasteiger partial charge on any atom is -0.350 e. The topological polar surface area (TPSA) is 75.3 Å². The molecule has 0 fully saturated rings. The minimum atomic E-state index is -3.39. The van der Waals surface area contributed by atoms with Crippen LogP contribution in [0.25, 0.3) is 0 Å². The fourth-order valence-corrected chi connectivity index (χ4v) is 2.62. The summed E-state index contributed by atoms with van der Waals surface area (Å²) >= 11 is 0. The number of rotatable bonds is 6. The summed E-state index contributed by atoms with van der Waals surface area (Å²) in [5.41, 5.74) is 0.202. The molecule has 0 heterocycles. The van der Waals surface area contributed by atoms with E-state index in [0.29, 0.717) is 6.54 Å². The first-order valence-corrected chi connectivity index (χ1v) is 7.84. The second-order valence-electron chi connectivity index (χ2n) is 4.30. The Hall–Kier alpha value is -1.11. The van der Waals surface area contributed by atoms with Gasteiger partial charge in [0.25, 0.3) is 5.91 Å². The fourth-order valence-electron chi connectivity index (χ4n) is 1.52. The summed E-state index contributed by atoms with van der Waals surface area (Å²) < 4.78 is 23.9. The van der Waals surface area contributed by atoms with Gasteiger partial charge in [0.15, 0.2) is 9.84 Å². The number of likely N-dealkylation sites (N-methyl/N-ethyl adjacent to an activating group) is 1. The summed E-state index contributed by atoms with van der Waals surface area (Å²) in [6.45, 7) is 3.93. The standard InChI is InChI=1S/C13H20N2O3S.ClH/c1-4-19(17,18)12-8-6-5-7-11(12)13(16)15-9-10(2)14-3;/h5-8,10,14H,4,9H2,1-3H3,(H,15,16);1H. The Bertz CT molecular complexity index is 546. The number of sulfone groups is 1. The van der Waals surface area contributed by atoms with Gasteiger partial charge in [0.05, 0.1) is 16.2 Å². The fraction of sp³-hybridized carbons (Fsp3) is 0.462. The Morgan fingerprint density at radius 1 is 1.30 bits per heavy atom. The molecule has 20 heavy (non-hydrogen) atoms. The van der Waals surface area contributed by atoms with Crippen LogP contribution in [0.1, 0.15) is 24.2 Å². The summed E-state index contributed by atoms with van der Waals surface area (Å²) in [4.78, 5) is 12.1. The zero-order chi connectivity index (χ0) is 14.5. The number of hydrogen-bond acceptors (Lipinski definition) is 4. The van der Waals surface area contributed by atoms with Crippen LogP contribution in [0.2, 0.25) is 0 Å². The van der Waals surface area contributed by atoms with Crippen molar-refractivity contribution < 1.29 is 13.2 Å². The molecule has 0 radical (unpaired) electrons. The van der Waals surface area contributed by atoms with Gasteiger partial charge in [-0.1, -0.05) is 19.1 Å². The van der Waals surface area contributed by atoms with Crippen molar-refractivity contribution in [3.05, 3.63) is 29.8 Å². The van der Waals surface area contributed by atoms with Gasteiger partial charge in [-0.3, -0.25) is 4.79 Å². The molecule has 0 bridgehead atoms. The number of nitrogens with one attached hydrogen (secondary N) is 2. The van der Waals surface area contributed by atoms with Gasteiger partial charge in [-0.05, 0) is 26.1 Å². The van der Waals surface area contributed by atoms with Crippen LogP contribution in [-0.2, 0) is 9.84 Å². The lowest BCUT2D eigenvalue weighted by Gasteiger charge is -2.13. The molecule has 0 saturated carbocycles. The lowest BCUT2D eigenvalue weighted by molar-refractivity contribution is 0.0947. The van der Waals surface area contributed by atoms with Crippen LogP contribution < -0.4 is 10.6 Å². The molecule has 1 aromatic carbocycles. The molecule has 0 saturated heterocycles. The molecule has 1 aromatic rings. The minimum absolute atomic E-state index is 0. The Kier molecular flexibility index (Phi) is 7.78. The van der Waals surface area contributed by atoms with E-state index >= 15 is 0 Å². The maximum absolute atomic E-state index is 12.0. The zero-order valence-corrected chi connectivity index (χ0v) is 13.5. The zero-order valence-electron chi connectivity index (χ0n) is 11.8. The van der Waals surface area contributed by atoms with Crippen LogP contribution in [0, 0.1) is 0 Å². The van der Waals surface area contributed by atoms with Gasteiger partial charge in [-0.2, -0.15) is 0 Å². The van der Waals surface area contributed by atoms with Gasteiger partial charge in [-0.15, -0.1) is 12.4 Å². The second kappa shape index (κ2) is 8.24. The molecular weight excluding hydrogens is 300 g/mol. The Morgan fingerprint density at radius 3 is 2.45 bits per heavy atom. The van der Waals surface area contributed by atoms with Crippen molar-refractivity contribution in [2.75, 3.05) is 19.3 Å². The first kappa shape index (κ1) is 18.9. The lowest BCUT2D eigenvalue weighted by atomic mass is 10.2. The van der Waals surface area contributed by atoms with Crippen LogP contribution in [-0.4, -0.2) is 39.7 Å². The molecule has 0 aliphatic rings. The molecule has 7 heteroatoms. The third kappa shape index (κ3) is 4.77. The molecule has 0 aliphatic heterocycles. The molecule has 0 aromatic heterocycles. The molecule has 1 unspecified atom stereocenters. The van der Waals surface area contributed by atoms with E-state index in [1.807, 2.05) is 6.92 Å². The first-order valence-electron chi connectivity index (χ1n) is 6.19. The Morgan fingerprint density at radius 2 is 1.90 bits per heavy atom. The SMILES string of the molecule is CCS(=O)(=O)c1ccccc1C(=O)NCC(C)NC.Cl. The molecule has 114 valence electrons. The average molecular weight is 321 g/mol. The van der Waals surface area contributed by atoms with Gasteiger partial charge in [0.2, 0.25) is 0 Å². The van der Waals surface area contributed by atoms with E-state index in [-0.39, 0.29) is 40.6 Å². The smallest absolute Gasteiger partial charge is 0.252 e. The monoisotopic (exact) mass is 320 g/mol. The van der Waals surface area contributed by atoms with Crippen molar-refractivity contribution in [3.63, 3.8) is 0 Å². The van der Waals surface area contributed by atoms with E-state index in [2.05, 4.69) is 10.6 Å². The van der Waals surface area contributed by atoms with Gasteiger partial charge in [0.1, 0.15) is 0 Å². The molecule has 1 amide bonds. The van der Waals surface area contributed by atoms with Crippen LogP contribution >= 0.6 is 12.4 Å². The summed E-state index contributed by atoms with van der Waals surface area (Å²) in [6, 6.07) is 6.40. The molecule has 2 N–H and O–H groups in total. The molecule has 0 spiro atoms. The van der Waals surface area contributed by atoms with Crippen LogP contribution in [0.3, 0.4) is 0 Å². The predicted octanol–water partition coefficient (Wildman–Crippen LogP) is 1.24. The van der Waals surface area contributed by atoms with Crippen LogP contribution in [0.4, 0.5) is 0 Å². The number of carbonyl (C=O) groups is 1. The second-order valence-corrected chi connectivity index (χ2v) is 6.55. The van der Waals surface area contributed by atoms with Crippen molar-refractivity contribution in [3.8, 4) is 0 Å². The van der Waals surface area contributed by atoms with E-state index in [4.69, 9.17) is 0 Å². The van der Waals surface area contributed by atoms with E-state index < -0.39 is 9.84 Å². The highest BCUT2D eigenvalue weighted by molar-refractivity contribution is 7.91. The van der Waals surface area contributed by atoms with Crippen molar-refractivity contribution in [1.29, 1.82) is 0 Å². The third-order valence-electron chi connectivity index (χ3n) is 2.91. The number of carbonyl (C=O) groups excluding carboxylic acids is 1. The van der Waals surface area contributed by atoms with Crippen LogP contribution in [0.15, 0.2) is 29.2 Å². The summed E-state index contributed by atoms with van der Waals surface area (Å²) in [6.07, 6.45) is 0. The highest BCUT2D eigenvalue weighted by Gasteiger charge is 2.20. The normalized spacial score (nSPS) is 12.3. The van der Waals surface area contributed by atoms with E-state index in [0.717, 1.165) is 0 Å². The maximum Gasteiger partial charge on any atom is 0.252 e. The molecule has 1 atom stereocenters. The lowest BCUT2D eigenvalue weighted by Crippen LogP contribution is -2.37. The average Bonchev–Trinajstić information content (AvgIpc) is 2.44. The number of benzene rings is 1. The number of hydrogen-bond donors (Lipinski definition) is 2. The highest BCUT2D eigenvalue weighted by Crippen LogP contribution is 2.16. The predicted molar refractivity (Wildman–Crippen MR) is 82.3 cm³/mol. The van der Waals surface area contributed by atoms with Crippen molar-refractivity contribution in [2.24, 2.45) is 0 Å². The Balaban J connectivity index is 0.00000361. The van der Waals surface area contributed by atoms with Gasteiger partial charge in [0, 0.05) is 12.6 Å². The van der Waals surface area contributed by atoms with Gasteiger partial charge >= 0.3 is 0 Å². The summed E-state index contributed by atoms with van der Waals surface area (Å²) in [7, 11) is -1.60. The molecular formula is C13H21ClN2O3S. The largest absolute Gasteiger partial charge is 0.350 e. The molecule has 5 nitrogen and oxygen atoms in total. The number of halogens is 1. The summed E-state index contributed by atoms with van der Waals surface area (Å²) in [5, 5.41) is 5.72. The first-order chi connectivity index (χ1) is 8.92. The quantitative estimate of drug-likeness (QED) is 0.827. The highest BCUT2D eigenvalue weighted by atomic mass is 35.5. The van der Waals surface area contributed by atoms with E-state index in [9.17, 15) is 13.2 Å². The van der Waals surface area contributed by atoms with Crippen molar-refractivity contribution >= 4 is 28.2 Å². The van der Waals surface area contributed by atoms with E-state index in [1.165, 1.54) is 12.1 Å². The van der Waals surface area contributed by atoms with Crippen LogP contribution in [0.5, 0.6) is 0 Å². The Labute approximate surface area is 126 Å². The summed E-state index contributed by atoms with van der Waals surface area (Å²) in [5.74, 6) is -0.390. The molecule has 1 rings (SSSR count). The maximum atomic E-state index is 12.0. The third-order valence-corrected chi connectivity index (χ3v) is 4.69.